The van der Waals surface area contributed by atoms with Gasteiger partial charge in [0.1, 0.15) is 11.5 Å². The second-order valence-electron chi connectivity index (χ2n) is 4.74. The van der Waals surface area contributed by atoms with Crippen LogP contribution >= 0.6 is 0 Å². The molecule has 0 unspecified atom stereocenters. The van der Waals surface area contributed by atoms with E-state index >= 15 is 0 Å². The number of benzene rings is 2. The number of phenolic OH excluding ortho intramolecular Hbond substituents is 1. The topological polar surface area (TPSA) is 66.8 Å². The number of nitrogens with zero attached hydrogens (tertiary/aromatic N) is 1. The first-order valence-corrected chi connectivity index (χ1v) is 6.43. The molecular formula is C16H13NO4. The van der Waals surface area contributed by atoms with Gasteiger partial charge in [-0.3, -0.25) is 14.5 Å². The molecule has 2 aromatic carbocycles. The molecule has 5 nitrogen and oxygen atoms in total. The van der Waals surface area contributed by atoms with Gasteiger partial charge in [-0.05, 0) is 29.8 Å². The maximum Gasteiger partial charge on any atom is 0.265 e. The van der Waals surface area contributed by atoms with Crippen molar-refractivity contribution in [1.29, 1.82) is 0 Å². The van der Waals surface area contributed by atoms with Gasteiger partial charge < -0.3 is 9.84 Å². The maximum atomic E-state index is 12.3. The van der Waals surface area contributed by atoms with Gasteiger partial charge in [-0.15, -0.1) is 0 Å². The number of methoxy groups -OCH3 is 1. The number of ether oxygens (including phenoxy) is 1. The van der Waals surface area contributed by atoms with Crippen LogP contribution in [0.3, 0.4) is 0 Å². The fourth-order valence-electron chi connectivity index (χ4n) is 2.37. The molecule has 0 bridgehead atoms. The standard InChI is InChI=1S/C16H13NO4/c1-21-11-7-5-10(6-8-11)9-17-15(19)12-3-2-4-13(18)14(12)16(17)20/h2-8,18H,9H2,1H3. The summed E-state index contributed by atoms with van der Waals surface area (Å²) in [6.07, 6.45) is 0. The number of aromatic hydroxyl groups is 1. The minimum absolute atomic E-state index is 0.0796. The van der Waals surface area contributed by atoms with E-state index in [1.54, 1.807) is 43.5 Å². The molecule has 2 amide bonds. The third-order valence-electron chi connectivity index (χ3n) is 3.48. The summed E-state index contributed by atoms with van der Waals surface area (Å²) in [5.41, 5.74) is 1.13. The van der Waals surface area contributed by atoms with Crippen molar-refractivity contribution in [3.05, 3.63) is 59.2 Å². The van der Waals surface area contributed by atoms with Crippen LogP contribution in [-0.2, 0) is 6.54 Å². The van der Waals surface area contributed by atoms with E-state index in [1.807, 2.05) is 0 Å². The second-order valence-corrected chi connectivity index (χ2v) is 4.74. The fourth-order valence-corrected chi connectivity index (χ4v) is 2.37. The molecule has 0 fully saturated rings. The van der Waals surface area contributed by atoms with Gasteiger partial charge in [-0.25, -0.2) is 0 Å². The summed E-state index contributed by atoms with van der Waals surface area (Å²) in [5.74, 6) is -0.313. The van der Waals surface area contributed by atoms with E-state index in [0.717, 1.165) is 10.5 Å². The molecule has 5 heteroatoms. The number of fused-ring (bicyclic) bond motifs is 1. The number of carbonyl (C=O) groups is 2. The quantitative estimate of drug-likeness (QED) is 0.877. The summed E-state index contributed by atoms with van der Waals surface area (Å²) in [7, 11) is 1.57. The molecule has 0 saturated carbocycles. The molecule has 3 rings (SSSR count). The van der Waals surface area contributed by atoms with Crippen molar-refractivity contribution < 1.29 is 19.4 Å². The Morgan fingerprint density at radius 3 is 2.38 bits per heavy atom. The van der Waals surface area contributed by atoms with Gasteiger partial charge in [0, 0.05) is 0 Å². The van der Waals surface area contributed by atoms with E-state index in [-0.39, 0.29) is 29.3 Å². The van der Waals surface area contributed by atoms with Crippen molar-refractivity contribution in [2.45, 2.75) is 6.54 Å². The van der Waals surface area contributed by atoms with Gasteiger partial charge in [-0.1, -0.05) is 18.2 Å². The molecule has 0 aromatic heterocycles. The van der Waals surface area contributed by atoms with Crippen molar-refractivity contribution in [3.8, 4) is 11.5 Å². The monoisotopic (exact) mass is 283 g/mol. The highest BCUT2D eigenvalue weighted by molar-refractivity contribution is 6.22. The average Bonchev–Trinajstić information content (AvgIpc) is 2.74. The number of hydrogen-bond donors (Lipinski definition) is 1. The van der Waals surface area contributed by atoms with E-state index in [4.69, 9.17) is 4.74 Å². The first-order valence-electron chi connectivity index (χ1n) is 6.43. The van der Waals surface area contributed by atoms with Crippen LogP contribution in [-0.4, -0.2) is 28.9 Å². The zero-order valence-corrected chi connectivity index (χ0v) is 11.4. The van der Waals surface area contributed by atoms with Gasteiger partial charge in [0.2, 0.25) is 0 Å². The van der Waals surface area contributed by atoms with Crippen molar-refractivity contribution >= 4 is 11.8 Å². The first kappa shape index (κ1) is 13.2. The molecule has 1 N–H and O–H groups in total. The van der Waals surface area contributed by atoms with E-state index in [2.05, 4.69) is 0 Å². The van der Waals surface area contributed by atoms with Gasteiger partial charge in [0.15, 0.2) is 0 Å². The Bertz CT molecular complexity index is 722. The molecule has 0 atom stereocenters. The lowest BCUT2D eigenvalue weighted by atomic mass is 10.1. The number of amides is 2. The van der Waals surface area contributed by atoms with Crippen LogP contribution < -0.4 is 4.74 Å². The summed E-state index contributed by atoms with van der Waals surface area (Å²) >= 11 is 0. The highest BCUT2D eigenvalue weighted by atomic mass is 16.5. The van der Waals surface area contributed by atoms with E-state index in [1.165, 1.54) is 6.07 Å². The first-order chi connectivity index (χ1) is 10.1. The highest BCUT2D eigenvalue weighted by Crippen LogP contribution is 2.31. The average molecular weight is 283 g/mol. The predicted molar refractivity (Wildman–Crippen MR) is 75.3 cm³/mol. The van der Waals surface area contributed by atoms with Gasteiger partial charge >= 0.3 is 0 Å². The molecular weight excluding hydrogens is 270 g/mol. The van der Waals surface area contributed by atoms with Crippen molar-refractivity contribution in [2.75, 3.05) is 7.11 Å². The summed E-state index contributed by atoms with van der Waals surface area (Å²) in [6, 6.07) is 11.6. The molecule has 1 heterocycles. The smallest absolute Gasteiger partial charge is 0.265 e. The summed E-state index contributed by atoms with van der Waals surface area (Å²) in [6.45, 7) is 0.162. The van der Waals surface area contributed by atoms with Crippen LogP contribution in [0.2, 0.25) is 0 Å². The van der Waals surface area contributed by atoms with E-state index < -0.39 is 5.91 Å². The third-order valence-corrected chi connectivity index (χ3v) is 3.48. The molecule has 1 aliphatic heterocycles. The lowest BCUT2D eigenvalue weighted by Gasteiger charge is -2.14. The number of hydrogen-bond acceptors (Lipinski definition) is 4. The minimum Gasteiger partial charge on any atom is -0.507 e. The van der Waals surface area contributed by atoms with Crippen molar-refractivity contribution in [3.63, 3.8) is 0 Å². The Morgan fingerprint density at radius 1 is 1.05 bits per heavy atom. The van der Waals surface area contributed by atoms with Crippen LogP contribution in [0.5, 0.6) is 11.5 Å². The number of rotatable bonds is 3. The fraction of sp³-hybridized carbons (Fsp3) is 0.125. The Balaban J connectivity index is 1.89. The van der Waals surface area contributed by atoms with E-state index in [0.29, 0.717) is 5.75 Å². The normalized spacial score (nSPS) is 13.5. The molecule has 1 aliphatic rings. The second kappa shape index (κ2) is 4.94. The SMILES string of the molecule is COc1ccc(CN2C(=O)c3cccc(O)c3C2=O)cc1. The highest BCUT2D eigenvalue weighted by Gasteiger charge is 2.37. The maximum absolute atomic E-state index is 12.3. The number of phenols is 1. The van der Waals surface area contributed by atoms with Crippen LogP contribution in [0.25, 0.3) is 0 Å². The summed E-state index contributed by atoms with van der Waals surface area (Å²) in [4.78, 5) is 25.7. The Labute approximate surface area is 121 Å². The molecule has 2 aromatic rings. The lowest BCUT2D eigenvalue weighted by Crippen LogP contribution is -2.29. The zero-order valence-electron chi connectivity index (χ0n) is 11.4. The molecule has 106 valence electrons. The third kappa shape index (κ3) is 2.12. The lowest BCUT2D eigenvalue weighted by molar-refractivity contribution is 0.0641. The zero-order chi connectivity index (χ0) is 15.0. The van der Waals surface area contributed by atoms with Crippen LogP contribution in [0, 0.1) is 0 Å². The van der Waals surface area contributed by atoms with Crippen LogP contribution in [0.15, 0.2) is 42.5 Å². The van der Waals surface area contributed by atoms with Crippen molar-refractivity contribution in [1.82, 2.24) is 4.90 Å². The molecule has 21 heavy (non-hydrogen) atoms. The van der Waals surface area contributed by atoms with Gasteiger partial charge in [0.05, 0.1) is 24.8 Å². The largest absolute Gasteiger partial charge is 0.507 e. The van der Waals surface area contributed by atoms with Gasteiger partial charge in [0.25, 0.3) is 11.8 Å². The summed E-state index contributed by atoms with van der Waals surface area (Å²) in [5, 5.41) is 9.76. The predicted octanol–water partition coefficient (Wildman–Crippen LogP) is 2.20. The molecule has 0 aliphatic carbocycles. The van der Waals surface area contributed by atoms with Crippen molar-refractivity contribution in [2.24, 2.45) is 0 Å². The molecule has 0 radical (unpaired) electrons. The molecule has 0 spiro atoms. The Hall–Kier alpha value is -2.82. The van der Waals surface area contributed by atoms with E-state index in [9.17, 15) is 14.7 Å². The number of imide groups is 1. The Kier molecular flexibility index (Phi) is 3.10. The van der Waals surface area contributed by atoms with Crippen LogP contribution in [0.1, 0.15) is 26.3 Å². The molecule has 0 saturated heterocycles. The minimum atomic E-state index is -0.469. The van der Waals surface area contributed by atoms with Crippen LogP contribution in [0.4, 0.5) is 0 Å². The van der Waals surface area contributed by atoms with Gasteiger partial charge in [-0.2, -0.15) is 0 Å². The summed E-state index contributed by atoms with van der Waals surface area (Å²) < 4.78 is 5.07. The Morgan fingerprint density at radius 2 is 1.76 bits per heavy atom. The number of carbonyl (C=O) groups excluding carboxylic acids is 2.